The summed E-state index contributed by atoms with van der Waals surface area (Å²) in [5.74, 6) is 5.39. The van der Waals surface area contributed by atoms with Crippen LogP contribution < -0.4 is 11.3 Å². The van der Waals surface area contributed by atoms with Crippen LogP contribution in [0.3, 0.4) is 0 Å². The monoisotopic (exact) mass is 258 g/mol. The molecule has 2 rings (SSSR count). The van der Waals surface area contributed by atoms with Crippen LogP contribution in [0, 0.1) is 19.7 Å². The van der Waals surface area contributed by atoms with Gasteiger partial charge in [0.05, 0.1) is 6.04 Å². The van der Waals surface area contributed by atoms with Gasteiger partial charge in [0, 0.05) is 0 Å². The fraction of sp³-hybridized carbons (Fsp3) is 0.250. The Hall–Kier alpha value is -1.71. The average molecular weight is 258 g/mol. The van der Waals surface area contributed by atoms with Gasteiger partial charge in [0.2, 0.25) is 0 Å². The van der Waals surface area contributed by atoms with Gasteiger partial charge in [-0.05, 0) is 54.7 Å². The van der Waals surface area contributed by atoms with Crippen molar-refractivity contribution in [3.05, 3.63) is 70.5 Å². The molecule has 0 aliphatic heterocycles. The van der Waals surface area contributed by atoms with E-state index >= 15 is 0 Å². The predicted molar refractivity (Wildman–Crippen MR) is 76.1 cm³/mol. The van der Waals surface area contributed by atoms with E-state index in [4.69, 9.17) is 5.84 Å². The first-order valence-corrected chi connectivity index (χ1v) is 6.38. The molecule has 1 atom stereocenters. The molecule has 0 amide bonds. The van der Waals surface area contributed by atoms with Gasteiger partial charge in [-0.3, -0.25) is 11.3 Å². The quantitative estimate of drug-likeness (QED) is 0.653. The number of hydrogen-bond donors (Lipinski definition) is 2. The molecule has 0 saturated heterocycles. The standard InChI is InChI=1S/C16H19FN2/c1-11-5-3-6-12(2)15(11)10-16(19-18)13-7-4-8-14(17)9-13/h3-9,16,19H,10,18H2,1-2H3. The van der Waals surface area contributed by atoms with Crippen molar-refractivity contribution in [2.24, 2.45) is 5.84 Å². The van der Waals surface area contributed by atoms with Gasteiger partial charge in [-0.2, -0.15) is 0 Å². The van der Waals surface area contributed by atoms with Crippen LogP contribution in [0.25, 0.3) is 0 Å². The number of hydrazine groups is 1. The van der Waals surface area contributed by atoms with Crippen LogP contribution in [0.15, 0.2) is 42.5 Å². The minimum absolute atomic E-state index is 0.0875. The highest BCUT2D eigenvalue weighted by atomic mass is 19.1. The van der Waals surface area contributed by atoms with E-state index in [1.54, 1.807) is 6.07 Å². The number of nitrogens with one attached hydrogen (secondary N) is 1. The molecule has 0 saturated carbocycles. The Kier molecular flexibility index (Phi) is 4.30. The molecule has 0 aliphatic carbocycles. The minimum Gasteiger partial charge on any atom is -0.271 e. The number of aryl methyl sites for hydroxylation is 2. The first kappa shape index (κ1) is 13.7. The van der Waals surface area contributed by atoms with Gasteiger partial charge in [0.1, 0.15) is 5.82 Å². The van der Waals surface area contributed by atoms with Crippen LogP contribution in [0.5, 0.6) is 0 Å². The van der Waals surface area contributed by atoms with E-state index in [1.165, 1.54) is 28.8 Å². The highest BCUT2D eigenvalue weighted by Crippen LogP contribution is 2.22. The smallest absolute Gasteiger partial charge is 0.123 e. The zero-order valence-corrected chi connectivity index (χ0v) is 11.3. The molecule has 3 N–H and O–H groups in total. The molecule has 0 fully saturated rings. The Bertz CT molecular complexity index is 546. The van der Waals surface area contributed by atoms with Gasteiger partial charge in [-0.1, -0.05) is 30.3 Å². The van der Waals surface area contributed by atoms with Crippen molar-refractivity contribution >= 4 is 0 Å². The summed E-state index contributed by atoms with van der Waals surface area (Å²) in [7, 11) is 0. The summed E-state index contributed by atoms with van der Waals surface area (Å²) in [6.45, 7) is 4.17. The third-order valence-electron chi connectivity index (χ3n) is 3.50. The fourth-order valence-electron chi connectivity index (χ4n) is 2.37. The Morgan fingerprint density at radius 2 is 1.74 bits per heavy atom. The lowest BCUT2D eigenvalue weighted by molar-refractivity contribution is 0.542. The second kappa shape index (κ2) is 5.95. The summed E-state index contributed by atoms with van der Waals surface area (Å²) in [4.78, 5) is 0. The molecule has 0 aromatic heterocycles. The van der Waals surface area contributed by atoms with Gasteiger partial charge in [-0.15, -0.1) is 0 Å². The van der Waals surface area contributed by atoms with Gasteiger partial charge in [0.15, 0.2) is 0 Å². The van der Waals surface area contributed by atoms with E-state index in [-0.39, 0.29) is 11.9 Å². The number of rotatable bonds is 4. The van der Waals surface area contributed by atoms with E-state index in [1.807, 2.05) is 12.1 Å². The Balaban J connectivity index is 2.29. The zero-order valence-electron chi connectivity index (χ0n) is 11.3. The van der Waals surface area contributed by atoms with Crippen molar-refractivity contribution in [1.29, 1.82) is 0 Å². The van der Waals surface area contributed by atoms with Gasteiger partial charge in [0.25, 0.3) is 0 Å². The summed E-state index contributed by atoms with van der Waals surface area (Å²) >= 11 is 0. The average Bonchev–Trinajstić information content (AvgIpc) is 2.38. The van der Waals surface area contributed by atoms with Crippen LogP contribution in [0.4, 0.5) is 4.39 Å². The summed E-state index contributed by atoms with van der Waals surface area (Å²) in [5.41, 5.74) is 7.37. The molecule has 0 bridgehead atoms. The molecule has 0 radical (unpaired) electrons. The lowest BCUT2D eigenvalue weighted by Crippen LogP contribution is -2.30. The zero-order chi connectivity index (χ0) is 13.8. The van der Waals surface area contributed by atoms with Crippen molar-refractivity contribution in [3.63, 3.8) is 0 Å². The lowest BCUT2D eigenvalue weighted by atomic mass is 9.93. The van der Waals surface area contributed by atoms with Gasteiger partial charge in [-0.25, -0.2) is 4.39 Å². The molecular weight excluding hydrogens is 239 g/mol. The summed E-state index contributed by atoms with van der Waals surface area (Å²) < 4.78 is 13.3. The first-order valence-electron chi connectivity index (χ1n) is 6.38. The molecule has 0 spiro atoms. The van der Waals surface area contributed by atoms with E-state index in [0.717, 1.165) is 12.0 Å². The van der Waals surface area contributed by atoms with Crippen LogP contribution >= 0.6 is 0 Å². The third kappa shape index (κ3) is 3.19. The Morgan fingerprint density at radius 1 is 1.11 bits per heavy atom. The topological polar surface area (TPSA) is 38.0 Å². The molecule has 100 valence electrons. The SMILES string of the molecule is Cc1cccc(C)c1CC(NN)c1cccc(F)c1. The van der Waals surface area contributed by atoms with Crippen molar-refractivity contribution in [1.82, 2.24) is 5.43 Å². The molecule has 3 heteroatoms. The number of halogens is 1. The van der Waals surface area contributed by atoms with E-state index in [0.29, 0.717) is 0 Å². The normalized spacial score (nSPS) is 12.4. The summed E-state index contributed by atoms with van der Waals surface area (Å²) in [5, 5.41) is 0. The summed E-state index contributed by atoms with van der Waals surface area (Å²) in [6, 6.07) is 12.7. The lowest BCUT2D eigenvalue weighted by Gasteiger charge is -2.19. The van der Waals surface area contributed by atoms with E-state index in [9.17, 15) is 4.39 Å². The van der Waals surface area contributed by atoms with Crippen molar-refractivity contribution in [2.75, 3.05) is 0 Å². The first-order chi connectivity index (χ1) is 9.11. The molecule has 2 nitrogen and oxygen atoms in total. The maximum absolute atomic E-state index is 13.3. The molecule has 1 unspecified atom stereocenters. The fourth-order valence-corrected chi connectivity index (χ4v) is 2.37. The summed E-state index contributed by atoms with van der Waals surface area (Å²) in [6.07, 6.45) is 0.748. The molecule has 19 heavy (non-hydrogen) atoms. The van der Waals surface area contributed by atoms with E-state index < -0.39 is 0 Å². The molecule has 0 aliphatic rings. The molecule has 0 heterocycles. The van der Waals surface area contributed by atoms with Gasteiger partial charge < -0.3 is 0 Å². The maximum Gasteiger partial charge on any atom is 0.123 e. The number of hydrogen-bond acceptors (Lipinski definition) is 2. The Labute approximate surface area is 113 Å². The predicted octanol–water partition coefficient (Wildman–Crippen LogP) is 3.19. The number of benzene rings is 2. The van der Waals surface area contributed by atoms with Crippen molar-refractivity contribution in [3.8, 4) is 0 Å². The Morgan fingerprint density at radius 3 is 2.32 bits per heavy atom. The second-order valence-corrected chi connectivity index (χ2v) is 4.85. The number of nitrogens with two attached hydrogens (primary N) is 1. The highest BCUT2D eigenvalue weighted by molar-refractivity contribution is 5.35. The van der Waals surface area contributed by atoms with Crippen LogP contribution in [0.2, 0.25) is 0 Å². The van der Waals surface area contributed by atoms with Crippen LogP contribution in [-0.4, -0.2) is 0 Å². The van der Waals surface area contributed by atoms with Crippen LogP contribution in [0.1, 0.15) is 28.3 Å². The highest BCUT2D eigenvalue weighted by Gasteiger charge is 2.13. The van der Waals surface area contributed by atoms with Crippen molar-refractivity contribution in [2.45, 2.75) is 26.3 Å². The molecule has 2 aromatic carbocycles. The largest absolute Gasteiger partial charge is 0.271 e. The van der Waals surface area contributed by atoms with Gasteiger partial charge >= 0.3 is 0 Å². The third-order valence-corrected chi connectivity index (χ3v) is 3.50. The minimum atomic E-state index is -0.237. The maximum atomic E-state index is 13.3. The molecular formula is C16H19FN2. The van der Waals surface area contributed by atoms with Crippen LogP contribution in [-0.2, 0) is 6.42 Å². The van der Waals surface area contributed by atoms with E-state index in [2.05, 4.69) is 31.4 Å². The van der Waals surface area contributed by atoms with Crippen molar-refractivity contribution < 1.29 is 4.39 Å². The molecule has 2 aromatic rings. The second-order valence-electron chi connectivity index (χ2n) is 4.85.